The molecule has 1 aliphatic heterocycles. The van der Waals surface area contributed by atoms with Gasteiger partial charge in [-0.15, -0.1) is 0 Å². The van der Waals surface area contributed by atoms with Crippen LogP contribution in [0.15, 0.2) is 42.5 Å². The smallest absolute Gasteiger partial charge is 0.414 e. The van der Waals surface area contributed by atoms with Gasteiger partial charge in [-0.25, -0.2) is 9.59 Å². The van der Waals surface area contributed by atoms with Crippen LogP contribution in [0, 0.1) is 12.3 Å². The fourth-order valence-electron chi connectivity index (χ4n) is 4.35. The van der Waals surface area contributed by atoms with Crippen LogP contribution in [0.25, 0.3) is 10.9 Å². The van der Waals surface area contributed by atoms with E-state index in [2.05, 4.69) is 11.5 Å². The molecule has 0 spiro atoms. The van der Waals surface area contributed by atoms with Gasteiger partial charge in [-0.2, -0.15) is 0 Å². The van der Waals surface area contributed by atoms with Crippen LogP contribution in [-0.4, -0.2) is 48.3 Å². The van der Waals surface area contributed by atoms with Crippen LogP contribution < -0.4 is 15.4 Å². The van der Waals surface area contributed by atoms with Crippen molar-refractivity contribution in [2.24, 2.45) is 5.73 Å². The summed E-state index contributed by atoms with van der Waals surface area (Å²) in [5.74, 6) is 0.199. The lowest BCUT2D eigenvalue weighted by Crippen LogP contribution is -2.26. The number of anilines is 1. The van der Waals surface area contributed by atoms with Crippen LogP contribution in [0.5, 0.6) is 5.75 Å². The number of amides is 1. The largest absolute Gasteiger partial charge is 0.490 e. The Labute approximate surface area is 203 Å². The number of amidine groups is 1. The molecule has 1 aliphatic rings. The number of nitrogens with zero attached hydrogens (tertiary/aromatic N) is 2. The zero-order valence-corrected chi connectivity index (χ0v) is 20.2. The zero-order chi connectivity index (χ0) is 25.1. The van der Waals surface area contributed by atoms with E-state index < -0.39 is 12.2 Å². The topological polar surface area (TPSA) is 120 Å². The first-order valence-corrected chi connectivity index (χ1v) is 11.7. The van der Waals surface area contributed by atoms with E-state index in [0.29, 0.717) is 35.7 Å². The molecular weight excluding hydrogens is 448 g/mol. The lowest BCUT2D eigenvalue weighted by molar-refractivity contribution is 0.0527. The van der Waals surface area contributed by atoms with Crippen LogP contribution in [-0.2, 0) is 16.0 Å². The summed E-state index contributed by atoms with van der Waals surface area (Å²) >= 11 is 0. The summed E-state index contributed by atoms with van der Waals surface area (Å²) in [4.78, 5) is 26.6. The fourth-order valence-corrected chi connectivity index (χ4v) is 4.35. The fraction of sp³-hybridized carbons (Fsp3) is 0.346. The van der Waals surface area contributed by atoms with Crippen molar-refractivity contribution in [3.8, 4) is 5.75 Å². The molecule has 0 aliphatic carbocycles. The van der Waals surface area contributed by atoms with Crippen molar-refractivity contribution in [1.29, 1.82) is 5.41 Å². The summed E-state index contributed by atoms with van der Waals surface area (Å²) < 4.78 is 18.9. The van der Waals surface area contributed by atoms with Crippen molar-refractivity contribution in [1.82, 2.24) is 4.57 Å². The minimum atomic E-state index is -0.457. The molecule has 3 N–H and O–H groups in total. The molecule has 9 nitrogen and oxygen atoms in total. The van der Waals surface area contributed by atoms with Crippen molar-refractivity contribution >= 4 is 34.5 Å². The third kappa shape index (κ3) is 4.80. The highest BCUT2D eigenvalue weighted by atomic mass is 16.6. The minimum absolute atomic E-state index is 0.0323. The number of fused-ring (bicyclic) bond motifs is 1. The number of nitrogens with two attached hydrogens (primary N) is 1. The van der Waals surface area contributed by atoms with E-state index in [9.17, 15) is 9.59 Å². The van der Waals surface area contributed by atoms with Gasteiger partial charge >= 0.3 is 12.1 Å². The van der Waals surface area contributed by atoms with Gasteiger partial charge in [-0.3, -0.25) is 10.3 Å². The van der Waals surface area contributed by atoms with E-state index in [0.717, 1.165) is 29.6 Å². The molecule has 1 atom stereocenters. The SMILES string of the molecule is CCCn1c(C)c(C(=O)OCC)c2cc(OCC3CN(c4ccc(C(=N)N)cc4)C(=O)O3)ccc21. The van der Waals surface area contributed by atoms with Crippen molar-refractivity contribution in [3.05, 3.63) is 59.3 Å². The lowest BCUT2D eigenvalue weighted by atomic mass is 10.1. The van der Waals surface area contributed by atoms with E-state index >= 15 is 0 Å². The molecule has 1 amide bonds. The van der Waals surface area contributed by atoms with Crippen molar-refractivity contribution < 1.29 is 23.8 Å². The van der Waals surface area contributed by atoms with Crippen molar-refractivity contribution in [3.63, 3.8) is 0 Å². The number of esters is 1. The number of carbonyl (C=O) groups is 2. The van der Waals surface area contributed by atoms with Gasteiger partial charge < -0.3 is 24.5 Å². The molecular formula is C26H30N4O5. The number of hydrogen-bond donors (Lipinski definition) is 2. The maximum absolute atomic E-state index is 12.7. The Balaban J connectivity index is 1.50. The minimum Gasteiger partial charge on any atom is -0.490 e. The highest BCUT2D eigenvalue weighted by Crippen LogP contribution is 2.31. The number of benzene rings is 2. The summed E-state index contributed by atoms with van der Waals surface area (Å²) in [6.07, 6.45) is 0.0229. The molecule has 0 radical (unpaired) electrons. The Kier molecular flexibility index (Phi) is 6.95. The summed E-state index contributed by atoms with van der Waals surface area (Å²) in [5, 5.41) is 8.27. The van der Waals surface area contributed by atoms with Crippen molar-refractivity contribution in [2.75, 3.05) is 24.7 Å². The lowest BCUT2D eigenvalue weighted by Gasteiger charge is -2.14. The van der Waals surface area contributed by atoms with E-state index in [1.54, 1.807) is 31.2 Å². The Morgan fingerprint density at radius 2 is 1.94 bits per heavy atom. The molecule has 1 saturated heterocycles. The summed E-state index contributed by atoms with van der Waals surface area (Å²) in [6, 6.07) is 12.5. The average molecular weight is 479 g/mol. The number of cyclic esters (lactones) is 1. The number of aryl methyl sites for hydroxylation is 1. The Bertz CT molecular complexity index is 1260. The van der Waals surface area contributed by atoms with Crippen LogP contribution in [0.4, 0.5) is 10.5 Å². The standard InChI is InChI=1S/C26H30N4O5/c1-4-12-29-16(3)23(25(31)33-5-2)21-13-19(10-11-22(21)29)34-15-20-14-30(26(32)35-20)18-8-6-17(7-9-18)24(27)28/h6-11,13,20H,4-5,12,14-15H2,1-3H3,(H3,27,28). The third-order valence-electron chi connectivity index (χ3n) is 6.02. The maximum atomic E-state index is 12.7. The molecule has 2 heterocycles. The second-order valence-electron chi connectivity index (χ2n) is 8.40. The van der Waals surface area contributed by atoms with Gasteiger partial charge in [-0.1, -0.05) is 6.92 Å². The Hall–Kier alpha value is -4.01. The maximum Gasteiger partial charge on any atom is 0.414 e. The number of ether oxygens (including phenoxy) is 3. The molecule has 9 heteroatoms. The number of hydrogen-bond acceptors (Lipinski definition) is 6. The van der Waals surface area contributed by atoms with Gasteiger partial charge in [0.1, 0.15) is 18.2 Å². The van der Waals surface area contributed by atoms with Crippen LogP contribution in [0.1, 0.15) is 41.9 Å². The number of rotatable bonds is 9. The van der Waals surface area contributed by atoms with Crippen LogP contribution >= 0.6 is 0 Å². The predicted octanol–water partition coefficient (Wildman–Crippen LogP) is 4.22. The second-order valence-corrected chi connectivity index (χ2v) is 8.40. The third-order valence-corrected chi connectivity index (χ3v) is 6.02. The number of nitrogens with one attached hydrogen (secondary N) is 1. The van der Waals surface area contributed by atoms with Gasteiger partial charge in [-0.05, 0) is 62.7 Å². The normalized spacial score (nSPS) is 15.3. The van der Waals surface area contributed by atoms with Crippen LogP contribution in [0.2, 0.25) is 0 Å². The number of aromatic nitrogens is 1. The summed E-state index contributed by atoms with van der Waals surface area (Å²) in [5.41, 5.74) is 9.11. The molecule has 1 aromatic heterocycles. The highest BCUT2D eigenvalue weighted by Gasteiger charge is 2.33. The highest BCUT2D eigenvalue weighted by molar-refractivity contribution is 6.06. The molecule has 1 unspecified atom stereocenters. The quantitative estimate of drug-likeness (QED) is 0.270. The Morgan fingerprint density at radius 1 is 1.20 bits per heavy atom. The monoisotopic (exact) mass is 478 g/mol. The molecule has 35 heavy (non-hydrogen) atoms. The summed E-state index contributed by atoms with van der Waals surface area (Å²) in [7, 11) is 0. The number of nitrogen functional groups attached to an aromatic ring is 1. The van der Waals surface area contributed by atoms with E-state index in [1.165, 1.54) is 4.90 Å². The first-order chi connectivity index (χ1) is 16.8. The Morgan fingerprint density at radius 3 is 2.60 bits per heavy atom. The van der Waals surface area contributed by atoms with Gasteiger partial charge in [0.25, 0.3) is 0 Å². The molecule has 3 aromatic rings. The first kappa shape index (κ1) is 24.1. The molecule has 1 fully saturated rings. The van der Waals surface area contributed by atoms with Crippen molar-refractivity contribution in [2.45, 2.75) is 39.8 Å². The van der Waals surface area contributed by atoms with Gasteiger partial charge in [0.2, 0.25) is 0 Å². The van der Waals surface area contributed by atoms with E-state index in [-0.39, 0.29) is 18.4 Å². The average Bonchev–Trinajstić information content (AvgIpc) is 3.34. The number of carbonyl (C=O) groups excluding carboxylic acids is 2. The zero-order valence-electron chi connectivity index (χ0n) is 20.2. The molecule has 0 saturated carbocycles. The predicted molar refractivity (Wildman–Crippen MR) is 133 cm³/mol. The first-order valence-electron chi connectivity index (χ1n) is 11.7. The van der Waals surface area contributed by atoms with E-state index in [1.807, 2.05) is 25.1 Å². The van der Waals surface area contributed by atoms with Gasteiger partial charge in [0.05, 0.1) is 18.7 Å². The molecule has 184 valence electrons. The van der Waals surface area contributed by atoms with Gasteiger partial charge in [0, 0.05) is 34.4 Å². The molecule has 0 bridgehead atoms. The summed E-state index contributed by atoms with van der Waals surface area (Å²) in [6.45, 7) is 7.41. The second kappa shape index (κ2) is 10.1. The van der Waals surface area contributed by atoms with Gasteiger partial charge in [0.15, 0.2) is 6.10 Å². The molecule has 2 aromatic carbocycles. The van der Waals surface area contributed by atoms with E-state index in [4.69, 9.17) is 25.4 Å². The molecule has 4 rings (SSSR count). The van der Waals surface area contributed by atoms with Crippen LogP contribution in [0.3, 0.4) is 0 Å².